The lowest BCUT2D eigenvalue weighted by Crippen LogP contribution is -2.17. The van der Waals surface area contributed by atoms with Crippen LogP contribution in [0.15, 0.2) is 66.0 Å². The van der Waals surface area contributed by atoms with Crippen LogP contribution in [0.25, 0.3) is 6.08 Å². The van der Waals surface area contributed by atoms with Crippen LogP contribution in [0, 0.1) is 0 Å². The van der Waals surface area contributed by atoms with Crippen LogP contribution in [0.2, 0.25) is 0 Å². The van der Waals surface area contributed by atoms with Crippen LogP contribution in [-0.2, 0) is 0 Å². The van der Waals surface area contributed by atoms with Crippen LogP contribution in [-0.4, -0.2) is 17.1 Å². The number of aromatic nitrogens is 1. The summed E-state index contributed by atoms with van der Waals surface area (Å²) in [5.74, 6) is -0.280. The van der Waals surface area contributed by atoms with Gasteiger partial charge in [-0.15, -0.1) is 0 Å². The molecule has 94 valence electrons. The minimum absolute atomic E-state index is 0.280. The predicted molar refractivity (Wildman–Crippen MR) is 75.7 cm³/mol. The number of hydrazone groups is 1. The molecule has 1 N–H and O–H groups in total. The van der Waals surface area contributed by atoms with Crippen molar-refractivity contribution >= 4 is 18.2 Å². The number of benzene rings is 1. The average molecular weight is 251 g/mol. The van der Waals surface area contributed by atoms with Crippen LogP contribution in [0.5, 0.6) is 0 Å². The summed E-state index contributed by atoms with van der Waals surface area (Å²) in [5, 5.41) is 3.82. The summed E-state index contributed by atoms with van der Waals surface area (Å²) in [5.41, 5.74) is 3.98. The predicted octanol–water partition coefficient (Wildman–Crippen LogP) is 2.51. The molecule has 0 aliphatic carbocycles. The first kappa shape index (κ1) is 12.7. The summed E-state index contributed by atoms with van der Waals surface area (Å²) < 4.78 is 0. The van der Waals surface area contributed by atoms with Gasteiger partial charge in [0.2, 0.25) is 0 Å². The summed E-state index contributed by atoms with van der Waals surface area (Å²) in [4.78, 5) is 15.5. The fourth-order valence-electron chi connectivity index (χ4n) is 1.42. The fraction of sp³-hybridized carbons (Fsp3) is 0. The van der Waals surface area contributed by atoms with Gasteiger partial charge in [-0.2, -0.15) is 5.10 Å². The average Bonchev–Trinajstić information content (AvgIpc) is 2.49. The van der Waals surface area contributed by atoms with E-state index in [1.807, 2.05) is 36.4 Å². The molecule has 0 radical (unpaired) electrons. The molecule has 0 bridgehead atoms. The van der Waals surface area contributed by atoms with Crippen LogP contribution in [0.4, 0.5) is 0 Å². The normalized spacial score (nSPS) is 10.9. The maximum Gasteiger partial charge on any atom is 0.272 e. The van der Waals surface area contributed by atoms with Gasteiger partial charge in [-0.05, 0) is 23.8 Å². The van der Waals surface area contributed by atoms with E-state index in [0.29, 0.717) is 5.56 Å². The summed E-state index contributed by atoms with van der Waals surface area (Å²) in [7, 11) is 0. The van der Waals surface area contributed by atoms with E-state index < -0.39 is 0 Å². The van der Waals surface area contributed by atoms with Crippen molar-refractivity contribution in [3.63, 3.8) is 0 Å². The van der Waals surface area contributed by atoms with Crippen molar-refractivity contribution < 1.29 is 4.79 Å². The number of carbonyl (C=O) groups is 1. The lowest BCUT2D eigenvalue weighted by Gasteiger charge is -1.96. The van der Waals surface area contributed by atoms with E-state index in [2.05, 4.69) is 15.5 Å². The molecule has 0 saturated carbocycles. The molecular formula is C15H13N3O. The number of hydrogen-bond acceptors (Lipinski definition) is 3. The van der Waals surface area contributed by atoms with Gasteiger partial charge in [0.05, 0.1) is 5.56 Å². The van der Waals surface area contributed by atoms with Crippen LogP contribution < -0.4 is 5.43 Å². The van der Waals surface area contributed by atoms with Crippen molar-refractivity contribution in [3.05, 3.63) is 72.1 Å². The first-order valence-electron chi connectivity index (χ1n) is 5.81. The zero-order valence-corrected chi connectivity index (χ0v) is 10.2. The second-order valence-electron chi connectivity index (χ2n) is 3.73. The van der Waals surface area contributed by atoms with Gasteiger partial charge < -0.3 is 0 Å². The van der Waals surface area contributed by atoms with Crippen molar-refractivity contribution in [1.29, 1.82) is 0 Å². The zero-order valence-electron chi connectivity index (χ0n) is 10.2. The smallest absolute Gasteiger partial charge is 0.267 e. The Morgan fingerprint density at radius 1 is 1.16 bits per heavy atom. The minimum Gasteiger partial charge on any atom is -0.267 e. The number of hydrogen-bond donors (Lipinski definition) is 1. The largest absolute Gasteiger partial charge is 0.272 e. The third-order valence-corrected chi connectivity index (χ3v) is 2.34. The van der Waals surface area contributed by atoms with Crippen molar-refractivity contribution in [2.75, 3.05) is 0 Å². The molecule has 4 heteroatoms. The van der Waals surface area contributed by atoms with Crippen molar-refractivity contribution in [3.8, 4) is 0 Å². The summed E-state index contributed by atoms with van der Waals surface area (Å²) in [6.07, 6.45) is 8.30. The number of amides is 1. The molecule has 0 atom stereocenters. The molecule has 2 rings (SSSR count). The molecule has 1 aromatic heterocycles. The number of pyridine rings is 1. The number of carbonyl (C=O) groups excluding carboxylic acids is 1. The number of nitrogens with zero attached hydrogens (tertiary/aromatic N) is 2. The summed E-state index contributed by atoms with van der Waals surface area (Å²) in [6, 6.07) is 13.2. The molecular weight excluding hydrogens is 238 g/mol. The van der Waals surface area contributed by atoms with Crippen molar-refractivity contribution in [2.24, 2.45) is 5.10 Å². The molecule has 4 nitrogen and oxygen atoms in total. The number of allylic oxidation sites excluding steroid dienone is 1. The fourth-order valence-corrected chi connectivity index (χ4v) is 1.42. The minimum atomic E-state index is -0.280. The Morgan fingerprint density at radius 2 is 2.00 bits per heavy atom. The van der Waals surface area contributed by atoms with Gasteiger partial charge in [0.15, 0.2) is 0 Å². The highest BCUT2D eigenvalue weighted by atomic mass is 16.2. The molecule has 1 aromatic carbocycles. The maximum absolute atomic E-state index is 11.6. The second kappa shape index (κ2) is 6.86. The number of rotatable bonds is 4. The van der Waals surface area contributed by atoms with Gasteiger partial charge in [-0.3, -0.25) is 9.78 Å². The molecule has 0 aliphatic rings. The first-order valence-corrected chi connectivity index (χ1v) is 5.81. The van der Waals surface area contributed by atoms with E-state index in [0.717, 1.165) is 5.56 Å². The van der Waals surface area contributed by atoms with Gasteiger partial charge in [0, 0.05) is 18.6 Å². The van der Waals surface area contributed by atoms with Gasteiger partial charge in [-0.1, -0.05) is 36.4 Å². The Labute approximate surface area is 111 Å². The highest BCUT2D eigenvalue weighted by Gasteiger charge is 2.01. The van der Waals surface area contributed by atoms with Crippen molar-refractivity contribution in [2.45, 2.75) is 0 Å². The third kappa shape index (κ3) is 4.20. The van der Waals surface area contributed by atoms with E-state index in [9.17, 15) is 4.79 Å². The lowest BCUT2D eigenvalue weighted by molar-refractivity contribution is 0.0955. The highest BCUT2D eigenvalue weighted by molar-refractivity contribution is 5.94. The lowest BCUT2D eigenvalue weighted by atomic mass is 10.2. The van der Waals surface area contributed by atoms with Gasteiger partial charge >= 0.3 is 0 Å². The van der Waals surface area contributed by atoms with Gasteiger partial charge in [0.1, 0.15) is 0 Å². The van der Waals surface area contributed by atoms with Crippen LogP contribution >= 0.6 is 0 Å². The zero-order chi connectivity index (χ0) is 13.3. The second-order valence-corrected chi connectivity index (χ2v) is 3.73. The summed E-state index contributed by atoms with van der Waals surface area (Å²) in [6.45, 7) is 0. The Bertz CT molecular complexity index is 577. The monoisotopic (exact) mass is 251 g/mol. The summed E-state index contributed by atoms with van der Waals surface area (Å²) >= 11 is 0. The molecule has 2 aromatic rings. The Balaban J connectivity index is 1.84. The van der Waals surface area contributed by atoms with E-state index in [-0.39, 0.29) is 5.91 Å². The standard InChI is InChI=1S/C15H13N3O/c19-15(14-9-5-10-16-12-14)18-17-11-4-8-13-6-2-1-3-7-13/h1-12H,(H,18,19)/b8-4-,17-11?. The third-order valence-electron chi connectivity index (χ3n) is 2.34. The molecule has 0 fully saturated rings. The molecule has 0 unspecified atom stereocenters. The highest BCUT2D eigenvalue weighted by Crippen LogP contribution is 1.99. The van der Waals surface area contributed by atoms with E-state index >= 15 is 0 Å². The number of nitrogens with one attached hydrogen (secondary N) is 1. The molecule has 1 heterocycles. The Kier molecular flexibility index (Phi) is 4.58. The van der Waals surface area contributed by atoms with Gasteiger partial charge in [-0.25, -0.2) is 5.43 Å². The molecule has 19 heavy (non-hydrogen) atoms. The quantitative estimate of drug-likeness (QED) is 0.670. The van der Waals surface area contributed by atoms with E-state index in [1.54, 1.807) is 24.4 Å². The molecule has 1 amide bonds. The Morgan fingerprint density at radius 3 is 2.74 bits per heavy atom. The first-order chi connectivity index (χ1) is 9.36. The van der Waals surface area contributed by atoms with Crippen LogP contribution in [0.3, 0.4) is 0 Å². The molecule has 0 aliphatic heterocycles. The molecule has 0 spiro atoms. The molecule has 0 saturated heterocycles. The van der Waals surface area contributed by atoms with Gasteiger partial charge in [0.25, 0.3) is 5.91 Å². The van der Waals surface area contributed by atoms with Crippen molar-refractivity contribution in [1.82, 2.24) is 10.4 Å². The maximum atomic E-state index is 11.6. The van der Waals surface area contributed by atoms with Crippen LogP contribution in [0.1, 0.15) is 15.9 Å². The Hall–Kier alpha value is -2.75. The van der Waals surface area contributed by atoms with E-state index in [1.165, 1.54) is 12.4 Å². The topological polar surface area (TPSA) is 54.4 Å². The van der Waals surface area contributed by atoms with E-state index in [4.69, 9.17) is 0 Å². The SMILES string of the molecule is O=C(NN=C/C=C\c1ccccc1)c1cccnc1.